The molecule has 0 aliphatic rings. The molecular formula is C16H21N3O5. The Hall–Kier alpha value is -2.90. The molecule has 0 fully saturated rings. The van der Waals surface area contributed by atoms with Gasteiger partial charge >= 0.3 is 5.97 Å². The van der Waals surface area contributed by atoms with E-state index in [1.54, 1.807) is 44.4 Å². The SMILES string of the molecule is C[C@H](NC(=O)c1ccccc1)C(=O)OCC(=O)NCC(=O)N(C)C. The third-order valence-electron chi connectivity index (χ3n) is 3.02. The van der Waals surface area contributed by atoms with E-state index in [0.717, 1.165) is 0 Å². The number of esters is 1. The number of amides is 3. The monoisotopic (exact) mass is 335 g/mol. The van der Waals surface area contributed by atoms with E-state index in [0.29, 0.717) is 5.56 Å². The minimum atomic E-state index is -0.908. The van der Waals surface area contributed by atoms with Crippen molar-refractivity contribution in [1.29, 1.82) is 0 Å². The maximum atomic E-state index is 11.9. The van der Waals surface area contributed by atoms with E-state index in [2.05, 4.69) is 10.6 Å². The molecule has 0 saturated heterocycles. The van der Waals surface area contributed by atoms with Gasteiger partial charge in [-0.05, 0) is 19.1 Å². The fourth-order valence-electron chi connectivity index (χ4n) is 1.57. The predicted molar refractivity (Wildman–Crippen MR) is 86.0 cm³/mol. The number of carbonyl (C=O) groups excluding carboxylic acids is 4. The van der Waals surface area contributed by atoms with E-state index in [1.807, 2.05) is 0 Å². The molecule has 0 bridgehead atoms. The number of hydrogen-bond donors (Lipinski definition) is 2. The Balaban J connectivity index is 2.35. The fraction of sp³-hybridized carbons (Fsp3) is 0.375. The Labute approximate surface area is 140 Å². The van der Waals surface area contributed by atoms with E-state index >= 15 is 0 Å². The highest BCUT2D eigenvalue weighted by Crippen LogP contribution is 1.99. The quantitative estimate of drug-likeness (QED) is 0.657. The number of nitrogens with zero attached hydrogens (tertiary/aromatic N) is 1. The van der Waals surface area contributed by atoms with Crippen molar-refractivity contribution in [3.8, 4) is 0 Å². The molecule has 1 atom stereocenters. The fourth-order valence-corrected chi connectivity index (χ4v) is 1.57. The summed E-state index contributed by atoms with van der Waals surface area (Å²) in [5.41, 5.74) is 0.414. The molecule has 3 amide bonds. The van der Waals surface area contributed by atoms with Crippen LogP contribution >= 0.6 is 0 Å². The molecular weight excluding hydrogens is 314 g/mol. The van der Waals surface area contributed by atoms with Crippen LogP contribution < -0.4 is 10.6 Å². The van der Waals surface area contributed by atoms with Crippen LogP contribution in [0.5, 0.6) is 0 Å². The lowest BCUT2D eigenvalue weighted by molar-refractivity contribution is -0.150. The van der Waals surface area contributed by atoms with Crippen LogP contribution in [0.15, 0.2) is 30.3 Å². The van der Waals surface area contributed by atoms with Gasteiger partial charge in [-0.3, -0.25) is 14.4 Å². The van der Waals surface area contributed by atoms with E-state index in [-0.39, 0.29) is 12.5 Å². The van der Waals surface area contributed by atoms with Gasteiger partial charge in [0, 0.05) is 19.7 Å². The van der Waals surface area contributed by atoms with Gasteiger partial charge in [-0.2, -0.15) is 0 Å². The third kappa shape index (κ3) is 6.47. The maximum absolute atomic E-state index is 11.9. The first-order valence-electron chi connectivity index (χ1n) is 7.30. The molecule has 8 heteroatoms. The van der Waals surface area contributed by atoms with Gasteiger partial charge in [0.05, 0.1) is 6.54 Å². The largest absolute Gasteiger partial charge is 0.454 e. The lowest BCUT2D eigenvalue weighted by Crippen LogP contribution is -2.42. The Morgan fingerprint density at radius 3 is 2.33 bits per heavy atom. The molecule has 0 spiro atoms. The van der Waals surface area contributed by atoms with Gasteiger partial charge in [0.25, 0.3) is 11.8 Å². The summed E-state index contributed by atoms with van der Waals surface area (Å²) in [5.74, 6) is -2.03. The molecule has 130 valence electrons. The average molecular weight is 335 g/mol. The Morgan fingerprint density at radius 2 is 1.75 bits per heavy atom. The van der Waals surface area contributed by atoms with Gasteiger partial charge in [-0.15, -0.1) is 0 Å². The van der Waals surface area contributed by atoms with Crippen LogP contribution in [0.2, 0.25) is 0 Å². The van der Waals surface area contributed by atoms with Crippen molar-refractivity contribution < 1.29 is 23.9 Å². The van der Waals surface area contributed by atoms with Crippen LogP contribution in [0.1, 0.15) is 17.3 Å². The highest BCUT2D eigenvalue weighted by molar-refractivity contribution is 5.96. The lowest BCUT2D eigenvalue weighted by atomic mass is 10.2. The summed E-state index contributed by atoms with van der Waals surface area (Å²) < 4.78 is 4.80. The van der Waals surface area contributed by atoms with Crippen molar-refractivity contribution in [2.24, 2.45) is 0 Å². The summed E-state index contributed by atoms with van der Waals surface area (Å²) in [7, 11) is 3.12. The summed E-state index contributed by atoms with van der Waals surface area (Å²) >= 11 is 0. The van der Waals surface area contributed by atoms with Crippen molar-refractivity contribution in [3.05, 3.63) is 35.9 Å². The van der Waals surface area contributed by atoms with Crippen molar-refractivity contribution in [3.63, 3.8) is 0 Å². The standard InChI is InChI=1S/C16H21N3O5/c1-11(18-15(22)12-7-5-4-6-8-12)16(23)24-10-13(20)17-9-14(21)19(2)3/h4-8,11H,9-10H2,1-3H3,(H,17,20)(H,18,22)/t11-/m0/s1. The van der Waals surface area contributed by atoms with Crippen molar-refractivity contribution in [2.45, 2.75) is 13.0 Å². The second-order valence-corrected chi connectivity index (χ2v) is 5.23. The zero-order chi connectivity index (χ0) is 18.1. The van der Waals surface area contributed by atoms with Gasteiger partial charge in [-0.1, -0.05) is 18.2 Å². The molecule has 2 N–H and O–H groups in total. The number of likely N-dealkylation sites (N-methyl/N-ethyl adjacent to an activating group) is 1. The van der Waals surface area contributed by atoms with Crippen LogP contribution in [0.4, 0.5) is 0 Å². The third-order valence-corrected chi connectivity index (χ3v) is 3.02. The Bertz CT molecular complexity index is 601. The first-order valence-corrected chi connectivity index (χ1v) is 7.30. The molecule has 0 aliphatic carbocycles. The molecule has 1 rings (SSSR count). The zero-order valence-corrected chi connectivity index (χ0v) is 13.9. The molecule has 1 aromatic rings. The van der Waals surface area contributed by atoms with Crippen LogP contribution in [-0.4, -0.2) is 61.9 Å². The van der Waals surface area contributed by atoms with Gasteiger partial charge in [0.1, 0.15) is 6.04 Å². The topological polar surface area (TPSA) is 105 Å². The van der Waals surface area contributed by atoms with Gasteiger partial charge < -0.3 is 20.3 Å². The smallest absolute Gasteiger partial charge is 0.328 e. The molecule has 24 heavy (non-hydrogen) atoms. The number of carbonyl (C=O) groups is 4. The van der Waals surface area contributed by atoms with Gasteiger partial charge in [0.2, 0.25) is 5.91 Å². The molecule has 0 aliphatic heterocycles. The van der Waals surface area contributed by atoms with Gasteiger partial charge in [0.15, 0.2) is 6.61 Å². The molecule has 8 nitrogen and oxygen atoms in total. The molecule has 0 unspecified atom stereocenters. The number of benzene rings is 1. The second kappa shape index (κ2) is 9.29. The zero-order valence-electron chi connectivity index (χ0n) is 13.9. The number of rotatable bonds is 7. The molecule has 0 saturated carbocycles. The molecule has 0 heterocycles. The summed E-state index contributed by atoms with van der Waals surface area (Å²) in [6, 6.07) is 7.50. The predicted octanol–water partition coefficient (Wildman–Crippen LogP) is -0.447. The highest BCUT2D eigenvalue weighted by Gasteiger charge is 2.19. The summed E-state index contributed by atoms with van der Waals surface area (Å²) in [4.78, 5) is 47.8. The average Bonchev–Trinajstić information content (AvgIpc) is 2.57. The highest BCUT2D eigenvalue weighted by atomic mass is 16.5. The maximum Gasteiger partial charge on any atom is 0.328 e. The lowest BCUT2D eigenvalue weighted by Gasteiger charge is -2.14. The van der Waals surface area contributed by atoms with Crippen molar-refractivity contribution in [2.75, 3.05) is 27.2 Å². The minimum absolute atomic E-state index is 0.177. The van der Waals surface area contributed by atoms with Crippen LogP contribution in [0, 0.1) is 0 Å². The normalized spacial score (nSPS) is 11.1. The molecule has 0 aromatic heterocycles. The first kappa shape index (κ1) is 19.1. The van der Waals surface area contributed by atoms with E-state index in [9.17, 15) is 19.2 Å². The minimum Gasteiger partial charge on any atom is -0.454 e. The number of ether oxygens (including phenoxy) is 1. The van der Waals surface area contributed by atoms with Crippen molar-refractivity contribution >= 4 is 23.7 Å². The number of hydrogen-bond acceptors (Lipinski definition) is 5. The summed E-state index contributed by atoms with van der Waals surface area (Å²) in [6.45, 7) is 0.755. The van der Waals surface area contributed by atoms with Crippen LogP contribution in [0.25, 0.3) is 0 Å². The Morgan fingerprint density at radius 1 is 1.12 bits per heavy atom. The van der Waals surface area contributed by atoms with Crippen LogP contribution in [0.3, 0.4) is 0 Å². The van der Waals surface area contributed by atoms with E-state index in [4.69, 9.17) is 4.74 Å². The summed E-state index contributed by atoms with van der Waals surface area (Å²) in [6.07, 6.45) is 0. The molecule has 0 radical (unpaired) electrons. The van der Waals surface area contributed by atoms with E-state index < -0.39 is 30.4 Å². The summed E-state index contributed by atoms with van der Waals surface area (Å²) in [5, 5.41) is 4.81. The molecule has 1 aromatic carbocycles. The second-order valence-electron chi connectivity index (χ2n) is 5.23. The van der Waals surface area contributed by atoms with Crippen molar-refractivity contribution in [1.82, 2.24) is 15.5 Å². The van der Waals surface area contributed by atoms with Gasteiger partial charge in [-0.25, -0.2) is 4.79 Å². The van der Waals surface area contributed by atoms with Crippen LogP contribution in [-0.2, 0) is 19.1 Å². The van der Waals surface area contributed by atoms with E-state index in [1.165, 1.54) is 11.8 Å². The first-order chi connectivity index (χ1) is 11.3. The Kier molecular flexibility index (Phi) is 7.41. The number of nitrogens with one attached hydrogen (secondary N) is 2.